The molecule has 2 saturated heterocycles. The van der Waals surface area contributed by atoms with Gasteiger partial charge >= 0.3 is 0 Å². The standard InChI is InChI=1S/C13H24N2/c1-2-11-8-10(12-5-7-14-9-12)3-4-13(11)15-6-1/h10-15H,1-9H2/t10?,11?,12?,13-/m1/s1. The lowest BCUT2D eigenvalue weighted by Gasteiger charge is -2.41. The first-order valence-corrected chi connectivity index (χ1v) is 6.87. The molecule has 2 heterocycles. The molecule has 4 atom stereocenters. The molecule has 0 bridgehead atoms. The van der Waals surface area contributed by atoms with E-state index >= 15 is 0 Å². The van der Waals surface area contributed by atoms with Crippen LogP contribution in [0.5, 0.6) is 0 Å². The molecular formula is C13H24N2. The Bertz CT molecular complexity index is 211. The fourth-order valence-corrected chi connectivity index (χ4v) is 4.05. The highest BCUT2D eigenvalue weighted by molar-refractivity contribution is 4.91. The first-order valence-electron chi connectivity index (χ1n) is 6.87. The smallest absolute Gasteiger partial charge is 0.00955 e. The summed E-state index contributed by atoms with van der Waals surface area (Å²) in [5, 5.41) is 7.24. The van der Waals surface area contributed by atoms with Crippen LogP contribution >= 0.6 is 0 Å². The second-order valence-corrected chi connectivity index (χ2v) is 5.79. The number of piperidine rings is 1. The van der Waals surface area contributed by atoms with Gasteiger partial charge in [0, 0.05) is 6.04 Å². The maximum absolute atomic E-state index is 3.72. The van der Waals surface area contributed by atoms with E-state index in [1.165, 1.54) is 58.2 Å². The average Bonchev–Trinajstić information content (AvgIpc) is 2.82. The van der Waals surface area contributed by atoms with Gasteiger partial charge in [0.15, 0.2) is 0 Å². The Hall–Kier alpha value is -0.0800. The summed E-state index contributed by atoms with van der Waals surface area (Å²) >= 11 is 0. The van der Waals surface area contributed by atoms with Crippen molar-refractivity contribution in [2.24, 2.45) is 17.8 Å². The third-order valence-corrected chi connectivity index (χ3v) is 4.95. The van der Waals surface area contributed by atoms with Crippen LogP contribution in [0.2, 0.25) is 0 Å². The SMILES string of the molecule is C1CN[C@@H]2CCC(C3CCNC3)CC2C1. The van der Waals surface area contributed by atoms with E-state index in [9.17, 15) is 0 Å². The highest BCUT2D eigenvalue weighted by atomic mass is 14.9. The topological polar surface area (TPSA) is 24.1 Å². The molecule has 1 saturated carbocycles. The molecule has 0 aromatic rings. The third-order valence-electron chi connectivity index (χ3n) is 4.95. The Balaban J connectivity index is 1.59. The van der Waals surface area contributed by atoms with Gasteiger partial charge < -0.3 is 10.6 Å². The Morgan fingerprint density at radius 2 is 1.80 bits per heavy atom. The normalized spacial score (nSPS) is 46.4. The lowest BCUT2D eigenvalue weighted by atomic mass is 9.70. The van der Waals surface area contributed by atoms with Crippen LogP contribution < -0.4 is 10.6 Å². The van der Waals surface area contributed by atoms with Gasteiger partial charge in [0.2, 0.25) is 0 Å². The van der Waals surface area contributed by atoms with Gasteiger partial charge in [-0.1, -0.05) is 0 Å². The molecule has 1 aliphatic carbocycles. The molecule has 0 spiro atoms. The van der Waals surface area contributed by atoms with E-state index in [-0.39, 0.29) is 0 Å². The van der Waals surface area contributed by atoms with Crippen LogP contribution in [0.1, 0.15) is 38.5 Å². The average molecular weight is 208 g/mol. The quantitative estimate of drug-likeness (QED) is 0.686. The van der Waals surface area contributed by atoms with Crippen LogP contribution in [0.25, 0.3) is 0 Å². The van der Waals surface area contributed by atoms with Crippen LogP contribution in [0.4, 0.5) is 0 Å². The zero-order valence-electron chi connectivity index (χ0n) is 9.67. The largest absolute Gasteiger partial charge is 0.316 e. The summed E-state index contributed by atoms with van der Waals surface area (Å²) in [5.74, 6) is 3.06. The van der Waals surface area contributed by atoms with Gasteiger partial charge in [-0.05, 0) is 75.9 Å². The van der Waals surface area contributed by atoms with Crippen LogP contribution in [0.15, 0.2) is 0 Å². The minimum absolute atomic E-state index is 0.879. The van der Waals surface area contributed by atoms with E-state index in [1.807, 2.05) is 0 Å². The van der Waals surface area contributed by atoms with E-state index < -0.39 is 0 Å². The molecule has 0 aromatic carbocycles. The Morgan fingerprint density at radius 3 is 2.67 bits per heavy atom. The summed E-state index contributed by atoms with van der Waals surface area (Å²) < 4.78 is 0. The summed E-state index contributed by atoms with van der Waals surface area (Å²) in [4.78, 5) is 0. The number of hydrogen-bond acceptors (Lipinski definition) is 2. The van der Waals surface area contributed by atoms with Crippen molar-refractivity contribution >= 4 is 0 Å². The second kappa shape index (κ2) is 4.42. The predicted octanol–water partition coefficient (Wildman–Crippen LogP) is 1.76. The summed E-state index contributed by atoms with van der Waals surface area (Å²) in [6, 6.07) is 0.879. The van der Waals surface area contributed by atoms with E-state index in [2.05, 4.69) is 10.6 Å². The highest BCUT2D eigenvalue weighted by Gasteiger charge is 2.35. The molecule has 0 aromatic heterocycles. The number of hydrogen-bond donors (Lipinski definition) is 2. The Labute approximate surface area is 93.2 Å². The zero-order chi connectivity index (χ0) is 10.1. The summed E-state index contributed by atoms with van der Waals surface area (Å²) in [6.07, 6.45) is 8.80. The Morgan fingerprint density at radius 1 is 0.800 bits per heavy atom. The lowest BCUT2D eigenvalue weighted by molar-refractivity contribution is 0.134. The monoisotopic (exact) mass is 208 g/mol. The van der Waals surface area contributed by atoms with Crippen LogP contribution in [-0.2, 0) is 0 Å². The molecule has 15 heavy (non-hydrogen) atoms. The number of fused-ring (bicyclic) bond motifs is 1. The van der Waals surface area contributed by atoms with Gasteiger partial charge in [0.1, 0.15) is 0 Å². The third kappa shape index (κ3) is 2.07. The first kappa shape index (κ1) is 10.1. The minimum Gasteiger partial charge on any atom is -0.316 e. The predicted molar refractivity (Wildman–Crippen MR) is 62.8 cm³/mol. The van der Waals surface area contributed by atoms with Crippen LogP contribution in [-0.4, -0.2) is 25.7 Å². The van der Waals surface area contributed by atoms with E-state index in [4.69, 9.17) is 0 Å². The van der Waals surface area contributed by atoms with Crippen molar-refractivity contribution < 1.29 is 0 Å². The number of nitrogens with one attached hydrogen (secondary N) is 2. The van der Waals surface area contributed by atoms with E-state index in [0.717, 1.165) is 23.8 Å². The van der Waals surface area contributed by atoms with Crippen LogP contribution in [0, 0.1) is 17.8 Å². The maximum atomic E-state index is 3.72. The van der Waals surface area contributed by atoms with Gasteiger partial charge in [-0.25, -0.2) is 0 Å². The molecule has 2 heteroatoms. The molecule has 2 nitrogen and oxygen atoms in total. The fraction of sp³-hybridized carbons (Fsp3) is 1.00. The summed E-state index contributed by atoms with van der Waals surface area (Å²) in [7, 11) is 0. The molecule has 2 N–H and O–H groups in total. The van der Waals surface area contributed by atoms with Crippen molar-refractivity contribution in [2.75, 3.05) is 19.6 Å². The van der Waals surface area contributed by atoms with Crippen molar-refractivity contribution in [1.82, 2.24) is 10.6 Å². The molecule has 0 radical (unpaired) electrons. The zero-order valence-corrected chi connectivity index (χ0v) is 9.67. The van der Waals surface area contributed by atoms with Gasteiger partial charge in [0.25, 0.3) is 0 Å². The summed E-state index contributed by atoms with van der Waals surface area (Å²) in [5.41, 5.74) is 0. The molecule has 3 unspecified atom stereocenters. The van der Waals surface area contributed by atoms with E-state index in [0.29, 0.717) is 0 Å². The molecule has 86 valence electrons. The van der Waals surface area contributed by atoms with E-state index in [1.54, 1.807) is 0 Å². The van der Waals surface area contributed by atoms with Crippen molar-refractivity contribution in [3.63, 3.8) is 0 Å². The van der Waals surface area contributed by atoms with Crippen molar-refractivity contribution in [3.05, 3.63) is 0 Å². The highest BCUT2D eigenvalue weighted by Crippen LogP contribution is 2.39. The van der Waals surface area contributed by atoms with Gasteiger partial charge in [-0.2, -0.15) is 0 Å². The van der Waals surface area contributed by atoms with Gasteiger partial charge in [0.05, 0.1) is 0 Å². The minimum atomic E-state index is 0.879. The van der Waals surface area contributed by atoms with Gasteiger partial charge in [-0.3, -0.25) is 0 Å². The molecule has 3 aliphatic rings. The first-order chi connectivity index (χ1) is 7.43. The molecule has 3 rings (SSSR count). The molecule has 0 amide bonds. The van der Waals surface area contributed by atoms with Crippen LogP contribution in [0.3, 0.4) is 0 Å². The molecule has 3 fully saturated rings. The van der Waals surface area contributed by atoms with Crippen molar-refractivity contribution in [1.29, 1.82) is 0 Å². The maximum Gasteiger partial charge on any atom is 0.00955 e. The molecule has 2 aliphatic heterocycles. The number of rotatable bonds is 1. The Kier molecular flexibility index (Phi) is 2.98. The van der Waals surface area contributed by atoms with Crippen molar-refractivity contribution in [2.45, 2.75) is 44.6 Å². The van der Waals surface area contributed by atoms with Crippen molar-refractivity contribution in [3.8, 4) is 0 Å². The summed E-state index contributed by atoms with van der Waals surface area (Å²) in [6.45, 7) is 3.85. The van der Waals surface area contributed by atoms with Gasteiger partial charge in [-0.15, -0.1) is 0 Å². The molecular weight excluding hydrogens is 184 g/mol. The fourth-order valence-electron chi connectivity index (χ4n) is 4.05. The lowest BCUT2D eigenvalue weighted by Crippen LogP contribution is -2.45. The second-order valence-electron chi connectivity index (χ2n) is 5.79.